The number of carbonyl (C=O) groups is 1. The minimum atomic E-state index is -4.87. The summed E-state index contributed by atoms with van der Waals surface area (Å²) in [6.45, 7) is 18.2. The van der Waals surface area contributed by atoms with Gasteiger partial charge in [-0.25, -0.2) is 9.36 Å². The summed E-state index contributed by atoms with van der Waals surface area (Å²) in [7, 11) is -1.20. The van der Waals surface area contributed by atoms with E-state index in [-0.39, 0.29) is 41.3 Å². The predicted molar refractivity (Wildman–Crippen MR) is 199 cm³/mol. The molecule has 276 valence electrons. The van der Waals surface area contributed by atoms with Crippen molar-refractivity contribution in [3.05, 3.63) is 94.5 Å². The number of nitrogens with zero attached hydrogens (tertiary/aromatic N) is 2. The van der Waals surface area contributed by atoms with Gasteiger partial charge in [0.05, 0.1) is 20.2 Å². The van der Waals surface area contributed by atoms with E-state index in [1.165, 1.54) is 6.07 Å². The quantitative estimate of drug-likeness (QED) is 0.0523. The van der Waals surface area contributed by atoms with Crippen LogP contribution in [0.3, 0.4) is 0 Å². The maximum absolute atomic E-state index is 13.7. The van der Waals surface area contributed by atoms with E-state index in [9.17, 15) is 24.3 Å². The average Bonchev–Trinajstić information content (AvgIpc) is 2.98. The van der Waals surface area contributed by atoms with Crippen LogP contribution in [0.5, 0.6) is 11.5 Å². The number of aliphatic hydroxyl groups excluding tert-OH is 1. The topological polar surface area (TPSA) is 129 Å². The van der Waals surface area contributed by atoms with Crippen LogP contribution >= 0.6 is 7.82 Å². The summed E-state index contributed by atoms with van der Waals surface area (Å²) in [6.07, 6.45) is -0.0329. The van der Waals surface area contributed by atoms with Crippen molar-refractivity contribution in [1.29, 1.82) is 0 Å². The summed E-state index contributed by atoms with van der Waals surface area (Å²) < 4.78 is 23.1. The number of hydrogen-bond acceptors (Lipinski definition) is 7. The fraction of sp³-hybridized carbons (Fsp3) is 0.513. The van der Waals surface area contributed by atoms with Crippen LogP contribution in [0.15, 0.2) is 66.7 Å². The Morgan fingerprint density at radius 2 is 1.54 bits per heavy atom. The molecule has 0 bridgehead atoms. The van der Waals surface area contributed by atoms with Gasteiger partial charge in [-0.2, -0.15) is 0 Å². The molecule has 10 nitrogen and oxygen atoms in total. The third kappa shape index (κ3) is 13.2. The molecule has 2 atom stereocenters. The number of likely N-dealkylation sites (N-methyl/N-ethyl adjacent to an activating group) is 1. The first-order valence-electron chi connectivity index (χ1n) is 17.4. The Labute approximate surface area is 299 Å². The average molecular weight is 713 g/mol. The first-order valence-corrected chi connectivity index (χ1v) is 18.9. The lowest BCUT2D eigenvalue weighted by molar-refractivity contribution is -0.896. The molecule has 4 N–H and O–H groups in total. The lowest BCUT2D eigenvalue weighted by Gasteiger charge is -2.32. The molecular formula is C39H59N3O7P+. The highest BCUT2D eigenvalue weighted by Gasteiger charge is 2.29. The minimum Gasteiger partial charge on any atom is -0.422 e. The first-order chi connectivity index (χ1) is 23.1. The standard InChI is InChI=1S/C39H58N3O7P/c1-27(2)41(28(3)4)21-20-33(30-14-12-11-13-15-30)34-22-29(5)16-18-37(34)48-38(44)26-42(9,10)25-32-23-31(35(43)24-40-39(6,7)8)17-19-36(32)49-50(45,46)47/h11-19,22-23,27-28,33,35,40,43H,20-21,24-26H2,1-10H3,(H-,45,46,47)/p+1/t33-,35?/m1/s1. The van der Waals surface area contributed by atoms with Crippen molar-refractivity contribution in [3.63, 3.8) is 0 Å². The Hall–Kier alpha value is -3.08. The van der Waals surface area contributed by atoms with Crippen LogP contribution in [0.1, 0.15) is 94.7 Å². The lowest BCUT2D eigenvalue weighted by Crippen LogP contribution is -2.44. The first kappa shape index (κ1) is 41.3. The third-order valence-electron chi connectivity index (χ3n) is 8.64. The zero-order valence-corrected chi connectivity index (χ0v) is 32.4. The summed E-state index contributed by atoms with van der Waals surface area (Å²) in [4.78, 5) is 35.3. The molecule has 0 amide bonds. The zero-order valence-electron chi connectivity index (χ0n) is 31.5. The van der Waals surface area contributed by atoms with Crippen molar-refractivity contribution < 1.29 is 38.0 Å². The fourth-order valence-corrected chi connectivity index (χ4v) is 6.73. The Morgan fingerprint density at radius 3 is 2.12 bits per heavy atom. The molecule has 0 heterocycles. The number of hydrogen-bond donors (Lipinski definition) is 4. The largest absolute Gasteiger partial charge is 0.524 e. The van der Waals surface area contributed by atoms with Gasteiger partial charge in [-0.05, 0) is 97.7 Å². The Morgan fingerprint density at radius 1 is 0.920 bits per heavy atom. The van der Waals surface area contributed by atoms with E-state index in [1.54, 1.807) is 12.1 Å². The molecule has 0 aliphatic heterocycles. The van der Waals surface area contributed by atoms with Crippen LogP contribution in [0.2, 0.25) is 0 Å². The molecule has 0 saturated carbocycles. The number of ether oxygens (including phenoxy) is 1. The Balaban J connectivity index is 1.89. The molecule has 0 radical (unpaired) electrons. The third-order valence-corrected chi connectivity index (χ3v) is 9.07. The summed E-state index contributed by atoms with van der Waals surface area (Å²) in [5.74, 6) is 0.0507. The number of nitrogens with one attached hydrogen (secondary N) is 1. The van der Waals surface area contributed by atoms with Gasteiger partial charge in [-0.15, -0.1) is 0 Å². The number of aryl methyl sites for hydroxylation is 1. The summed E-state index contributed by atoms with van der Waals surface area (Å²) in [6, 6.07) is 21.7. The lowest BCUT2D eigenvalue weighted by atomic mass is 9.86. The van der Waals surface area contributed by atoms with Gasteiger partial charge < -0.3 is 24.2 Å². The predicted octanol–water partition coefficient (Wildman–Crippen LogP) is 6.71. The highest BCUT2D eigenvalue weighted by Crippen LogP contribution is 2.41. The molecule has 0 spiro atoms. The van der Waals surface area contributed by atoms with Crippen molar-refractivity contribution >= 4 is 13.8 Å². The van der Waals surface area contributed by atoms with Crippen LogP contribution in [0.4, 0.5) is 0 Å². The van der Waals surface area contributed by atoms with Gasteiger partial charge >= 0.3 is 13.8 Å². The Kier molecular flexibility index (Phi) is 14.4. The molecule has 1 unspecified atom stereocenters. The van der Waals surface area contributed by atoms with Gasteiger partial charge in [-0.3, -0.25) is 14.7 Å². The second-order valence-corrected chi connectivity index (χ2v) is 16.7. The number of phosphoric ester groups is 1. The molecule has 11 heteroatoms. The minimum absolute atomic E-state index is 0.00398. The van der Waals surface area contributed by atoms with Crippen molar-refractivity contribution in [1.82, 2.24) is 10.2 Å². The van der Waals surface area contributed by atoms with Crippen LogP contribution in [0.25, 0.3) is 0 Å². The van der Waals surface area contributed by atoms with Crippen LogP contribution in [0, 0.1) is 6.92 Å². The SMILES string of the molecule is Cc1ccc(OC(=O)C[N+](C)(C)Cc2cc(C(O)CNC(C)(C)C)ccc2OP(=O)(O)O)c([C@H](CCN(C(C)C)C(C)C)c2ccccc2)c1. The molecule has 0 saturated heterocycles. The molecule has 3 aromatic carbocycles. The van der Waals surface area contributed by atoms with Gasteiger partial charge in [0.2, 0.25) is 0 Å². The van der Waals surface area contributed by atoms with E-state index in [4.69, 9.17) is 9.26 Å². The zero-order chi connectivity index (χ0) is 37.4. The number of phosphoric acid groups is 1. The highest BCUT2D eigenvalue weighted by atomic mass is 31.2. The molecular weight excluding hydrogens is 653 g/mol. The van der Waals surface area contributed by atoms with Gasteiger partial charge in [-0.1, -0.05) is 54.1 Å². The van der Waals surface area contributed by atoms with E-state index in [0.717, 1.165) is 29.7 Å². The van der Waals surface area contributed by atoms with Crippen molar-refractivity contribution in [2.75, 3.05) is 33.7 Å². The summed E-state index contributed by atoms with van der Waals surface area (Å²) >= 11 is 0. The second-order valence-electron chi connectivity index (χ2n) is 15.5. The number of carbonyl (C=O) groups excluding carboxylic acids is 1. The molecule has 0 aliphatic rings. The van der Waals surface area contributed by atoms with E-state index >= 15 is 0 Å². The molecule has 0 aromatic heterocycles. The van der Waals surface area contributed by atoms with Gasteiger partial charge in [0, 0.05) is 41.2 Å². The van der Waals surface area contributed by atoms with Gasteiger partial charge in [0.15, 0.2) is 6.54 Å². The maximum Gasteiger partial charge on any atom is 0.524 e. The normalized spacial score (nSPS) is 13.9. The summed E-state index contributed by atoms with van der Waals surface area (Å²) in [5.41, 5.74) is 3.95. The monoisotopic (exact) mass is 712 g/mol. The van der Waals surface area contributed by atoms with Crippen LogP contribution < -0.4 is 14.6 Å². The molecule has 0 aliphatic carbocycles. The van der Waals surface area contributed by atoms with Crippen molar-refractivity contribution in [3.8, 4) is 11.5 Å². The molecule has 3 aromatic rings. The molecule has 0 fully saturated rings. The van der Waals surface area contributed by atoms with Gasteiger partial charge in [0.25, 0.3) is 0 Å². The molecule has 50 heavy (non-hydrogen) atoms. The van der Waals surface area contributed by atoms with Crippen LogP contribution in [-0.4, -0.2) is 81.6 Å². The van der Waals surface area contributed by atoms with E-state index in [0.29, 0.717) is 29.0 Å². The van der Waals surface area contributed by atoms with Gasteiger partial charge in [0.1, 0.15) is 18.0 Å². The number of β-amino-alcohol motifs (C(OH)–C–C–N with tert-alkyl or cyclic N) is 1. The van der Waals surface area contributed by atoms with Crippen LogP contribution in [-0.2, 0) is 15.9 Å². The summed E-state index contributed by atoms with van der Waals surface area (Å²) in [5, 5.41) is 14.2. The Bertz CT molecular complexity index is 1590. The second kappa shape index (κ2) is 17.4. The van der Waals surface area contributed by atoms with E-state index in [1.807, 2.05) is 72.1 Å². The number of benzene rings is 3. The highest BCUT2D eigenvalue weighted by molar-refractivity contribution is 7.46. The number of rotatable bonds is 17. The maximum atomic E-state index is 13.7. The smallest absolute Gasteiger partial charge is 0.422 e. The number of esters is 1. The van der Waals surface area contributed by atoms with E-state index in [2.05, 4.69) is 56.1 Å². The number of quaternary nitrogens is 1. The fourth-order valence-electron chi connectivity index (χ4n) is 6.30. The van der Waals surface area contributed by atoms with Crippen molar-refractivity contribution in [2.45, 2.75) is 98.0 Å². The number of aliphatic hydroxyl groups is 1. The molecule has 3 rings (SSSR count). The van der Waals surface area contributed by atoms with Crippen molar-refractivity contribution in [2.24, 2.45) is 0 Å². The van der Waals surface area contributed by atoms with E-state index < -0.39 is 19.9 Å².